The second-order valence-electron chi connectivity index (χ2n) is 16.4. The predicted octanol–water partition coefficient (Wildman–Crippen LogP) is 3.79. The fourth-order valence-electron chi connectivity index (χ4n) is 8.85. The zero-order chi connectivity index (χ0) is 43.0. The minimum absolute atomic E-state index is 0.0857. The van der Waals surface area contributed by atoms with E-state index < -0.39 is 33.9 Å². The molecular formula is C43H52N10O7S. The van der Waals surface area contributed by atoms with Gasteiger partial charge in [-0.15, -0.1) is 15.3 Å². The maximum Gasteiger partial charge on any atom is 0.304 e. The van der Waals surface area contributed by atoms with Crippen molar-refractivity contribution >= 4 is 44.4 Å². The summed E-state index contributed by atoms with van der Waals surface area (Å²) in [5.41, 5.74) is 10.8. The van der Waals surface area contributed by atoms with E-state index >= 15 is 0 Å². The number of piperazine rings is 1. The summed E-state index contributed by atoms with van der Waals surface area (Å²) in [5.74, 6) is 0.0876. The largest absolute Gasteiger partial charge is 0.494 e. The van der Waals surface area contributed by atoms with Crippen LogP contribution in [-0.4, -0.2) is 125 Å². The Kier molecular flexibility index (Phi) is 11.8. The molecule has 3 aromatic carbocycles. The number of hydrogen-bond donors (Lipinski definition) is 2. The van der Waals surface area contributed by atoms with Crippen molar-refractivity contribution < 1.29 is 32.6 Å². The fourth-order valence-corrected chi connectivity index (χ4v) is 10.4. The topological polar surface area (TPSA) is 202 Å². The average molecular weight is 853 g/mol. The molecule has 0 saturated carbocycles. The van der Waals surface area contributed by atoms with Gasteiger partial charge in [-0.05, 0) is 91.3 Å². The summed E-state index contributed by atoms with van der Waals surface area (Å²) in [5, 5.41) is 26.5. The Balaban J connectivity index is 0.932. The Bertz CT molecular complexity index is 2530. The molecule has 0 spiro atoms. The standard InChI is InChI=1S/C43H52N10O7S/c1-27-5-6-30(34(23-41(54)55)31-20-36-42(38(21-31)59-4)49(3)48-46-36)19-32(27)26-53-24-28(2)60-37-22-33(7-9-39(37)61(53,57)58)51-17-15-50(16-18-51)25-29-11-13-52(14-12-29)40-10-8-35(43(44)56)45-47-40/h5-10,19-22,28-29,34H,11-18,23-26H2,1-4H3,(H2,44,56)(H,54,55)/t28-,34?/m1/s1. The number of aryl methyl sites for hydroxylation is 2. The molecule has 0 radical (unpaired) electrons. The lowest BCUT2D eigenvalue weighted by Crippen LogP contribution is -2.49. The van der Waals surface area contributed by atoms with E-state index in [1.54, 1.807) is 37.0 Å². The number of carbonyl (C=O) groups excluding carboxylic acids is 1. The third-order valence-corrected chi connectivity index (χ3v) is 14.1. The molecule has 0 bridgehead atoms. The number of benzene rings is 3. The third-order valence-electron chi connectivity index (χ3n) is 12.2. The maximum atomic E-state index is 14.4. The van der Waals surface area contributed by atoms with Crippen molar-refractivity contribution in [1.29, 1.82) is 0 Å². The van der Waals surface area contributed by atoms with Crippen molar-refractivity contribution in [3.63, 3.8) is 0 Å². The zero-order valence-electron chi connectivity index (χ0n) is 34.9. The first kappa shape index (κ1) is 41.9. The van der Waals surface area contributed by atoms with Crippen molar-refractivity contribution in [2.45, 2.75) is 56.6 Å². The van der Waals surface area contributed by atoms with Gasteiger partial charge in [0.2, 0.25) is 10.0 Å². The van der Waals surface area contributed by atoms with Crippen LogP contribution in [0.2, 0.25) is 0 Å². The smallest absolute Gasteiger partial charge is 0.304 e. The Labute approximate surface area is 355 Å². The molecule has 18 heteroatoms. The number of hydrogen-bond acceptors (Lipinski definition) is 13. The number of fused-ring (bicyclic) bond motifs is 2. The van der Waals surface area contributed by atoms with Gasteiger partial charge >= 0.3 is 5.97 Å². The summed E-state index contributed by atoms with van der Waals surface area (Å²) in [6, 6.07) is 18.2. The van der Waals surface area contributed by atoms with E-state index in [4.69, 9.17) is 15.2 Å². The number of carbonyl (C=O) groups is 2. The van der Waals surface area contributed by atoms with Crippen LogP contribution >= 0.6 is 0 Å². The van der Waals surface area contributed by atoms with E-state index in [1.807, 2.05) is 56.3 Å². The van der Waals surface area contributed by atoms with E-state index in [9.17, 15) is 23.1 Å². The second kappa shape index (κ2) is 17.3. The lowest BCUT2D eigenvalue weighted by atomic mass is 9.86. The lowest BCUT2D eigenvalue weighted by Gasteiger charge is -2.39. The van der Waals surface area contributed by atoms with Gasteiger partial charge in [0.1, 0.15) is 33.5 Å². The Morgan fingerprint density at radius 3 is 2.39 bits per heavy atom. The van der Waals surface area contributed by atoms with Crippen LogP contribution in [0.4, 0.5) is 11.5 Å². The number of methoxy groups -OCH3 is 1. The van der Waals surface area contributed by atoms with Crippen LogP contribution in [0, 0.1) is 12.8 Å². The molecule has 1 amide bonds. The number of ether oxygens (including phenoxy) is 2. The number of rotatable bonds is 12. The molecule has 2 atom stereocenters. The number of nitrogens with zero attached hydrogens (tertiary/aromatic N) is 9. The summed E-state index contributed by atoms with van der Waals surface area (Å²) in [6.45, 7) is 10.2. The molecule has 322 valence electrons. The predicted molar refractivity (Wildman–Crippen MR) is 229 cm³/mol. The van der Waals surface area contributed by atoms with E-state index in [1.165, 1.54) is 4.31 Å². The van der Waals surface area contributed by atoms with Crippen LogP contribution in [0.5, 0.6) is 11.5 Å². The minimum Gasteiger partial charge on any atom is -0.494 e. The van der Waals surface area contributed by atoms with Crippen LogP contribution < -0.4 is 25.0 Å². The highest BCUT2D eigenvalue weighted by Crippen LogP contribution is 2.38. The van der Waals surface area contributed by atoms with Gasteiger partial charge in [-0.2, -0.15) is 4.31 Å². The summed E-state index contributed by atoms with van der Waals surface area (Å²) >= 11 is 0. The highest BCUT2D eigenvalue weighted by Gasteiger charge is 2.35. The number of primary amides is 1. The van der Waals surface area contributed by atoms with Crippen molar-refractivity contribution in [3.8, 4) is 11.5 Å². The molecule has 2 aromatic heterocycles. The molecule has 5 heterocycles. The minimum atomic E-state index is -3.98. The van der Waals surface area contributed by atoms with Gasteiger partial charge in [0.15, 0.2) is 11.5 Å². The van der Waals surface area contributed by atoms with Crippen molar-refractivity contribution in [1.82, 2.24) is 34.4 Å². The van der Waals surface area contributed by atoms with E-state index in [0.29, 0.717) is 34.0 Å². The van der Waals surface area contributed by atoms with Crippen LogP contribution in [-0.2, 0) is 28.4 Å². The molecule has 5 aromatic rings. The monoisotopic (exact) mass is 852 g/mol. The Morgan fingerprint density at radius 2 is 1.70 bits per heavy atom. The van der Waals surface area contributed by atoms with Crippen LogP contribution in [0.1, 0.15) is 64.8 Å². The molecule has 3 aliphatic rings. The molecular weight excluding hydrogens is 801 g/mol. The van der Waals surface area contributed by atoms with Crippen molar-refractivity contribution in [3.05, 3.63) is 88.6 Å². The quantitative estimate of drug-likeness (QED) is 0.184. The molecule has 0 aliphatic carbocycles. The molecule has 8 rings (SSSR count). The molecule has 3 aliphatic heterocycles. The van der Waals surface area contributed by atoms with Crippen molar-refractivity contribution in [2.75, 3.05) is 69.3 Å². The number of sulfonamides is 1. The normalized spacial score (nSPS) is 19.2. The van der Waals surface area contributed by atoms with E-state index in [0.717, 1.165) is 86.9 Å². The van der Waals surface area contributed by atoms with Crippen molar-refractivity contribution in [2.24, 2.45) is 18.7 Å². The maximum absolute atomic E-state index is 14.4. The first-order chi connectivity index (χ1) is 29.3. The molecule has 1 unspecified atom stereocenters. The van der Waals surface area contributed by atoms with Gasteiger partial charge in [0, 0.05) is 77.1 Å². The average Bonchev–Trinajstić information content (AvgIpc) is 3.59. The number of nitrogens with two attached hydrogens (primary N) is 1. The van der Waals surface area contributed by atoms with Crippen LogP contribution in [0.25, 0.3) is 11.0 Å². The molecule has 61 heavy (non-hydrogen) atoms. The van der Waals surface area contributed by atoms with E-state index in [-0.39, 0.29) is 30.1 Å². The van der Waals surface area contributed by atoms with Crippen LogP contribution in [0.15, 0.2) is 65.6 Å². The summed E-state index contributed by atoms with van der Waals surface area (Å²) < 4.78 is 43.9. The number of carboxylic acid groups (broad SMARTS) is 1. The van der Waals surface area contributed by atoms with Gasteiger partial charge in [0.25, 0.3) is 5.91 Å². The molecule has 2 saturated heterocycles. The van der Waals surface area contributed by atoms with Gasteiger partial charge < -0.3 is 30.1 Å². The molecule has 2 fully saturated rings. The van der Waals surface area contributed by atoms with Crippen LogP contribution in [0.3, 0.4) is 0 Å². The third kappa shape index (κ3) is 8.83. The number of aliphatic carboxylic acids is 1. The molecule has 3 N–H and O–H groups in total. The van der Waals surface area contributed by atoms with Gasteiger partial charge in [0.05, 0.1) is 20.1 Å². The van der Waals surface area contributed by atoms with E-state index in [2.05, 4.69) is 35.2 Å². The molecule has 17 nitrogen and oxygen atoms in total. The summed E-state index contributed by atoms with van der Waals surface area (Å²) in [6.07, 6.45) is 1.46. The van der Waals surface area contributed by atoms with Gasteiger partial charge in [-0.25, -0.2) is 13.1 Å². The highest BCUT2D eigenvalue weighted by atomic mass is 32.2. The summed E-state index contributed by atoms with van der Waals surface area (Å²) in [7, 11) is -0.658. The lowest BCUT2D eigenvalue weighted by molar-refractivity contribution is -0.137. The Morgan fingerprint density at radius 1 is 0.934 bits per heavy atom. The number of amides is 1. The Hall–Kier alpha value is -5.85. The SMILES string of the molecule is COc1cc(C(CC(=O)O)c2ccc(C)c(CN3C[C@@H](C)Oc4cc(N5CCN(CC6CCN(c7ccc(C(N)=O)nn7)CC6)CC5)ccc4S3(=O)=O)c2)cc2nnn(C)c12. The highest BCUT2D eigenvalue weighted by molar-refractivity contribution is 7.89. The fraction of sp³-hybridized carbons (Fsp3) is 0.442. The first-order valence-corrected chi connectivity index (χ1v) is 22.1. The van der Waals surface area contributed by atoms with Gasteiger partial charge in [-0.3, -0.25) is 14.5 Å². The first-order valence-electron chi connectivity index (χ1n) is 20.6. The van der Waals surface area contributed by atoms with Gasteiger partial charge in [-0.1, -0.05) is 23.4 Å². The number of anilines is 2. The summed E-state index contributed by atoms with van der Waals surface area (Å²) in [4.78, 5) is 30.7. The number of carboxylic acids is 1. The second-order valence-corrected chi connectivity index (χ2v) is 18.3. The zero-order valence-corrected chi connectivity index (χ0v) is 35.7. The number of piperidine rings is 1. The number of aromatic nitrogens is 5.